The molecule has 1 N–H and O–H groups in total. The van der Waals surface area contributed by atoms with Crippen LogP contribution in [0.25, 0.3) is 11.5 Å². The third kappa shape index (κ3) is 4.97. The van der Waals surface area contributed by atoms with Gasteiger partial charge in [0.15, 0.2) is 0 Å². The molecule has 0 radical (unpaired) electrons. The summed E-state index contributed by atoms with van der Waals surface area (Å²) in [5.74, 6) is -2.13. The van der Waals surface area contributed by atoms with Gasteiger partial charge in [0.1, 0.15) is 5.82 Å². The van der Waals surface area contributed by atoms with Gasteiger partial charge in [-0.05, 0) is 24.3 Å². The van der Waals surface area contributed by atoms with Crippen LogP contribution in [0.1, 0.15) is 10.4 Å². The van der Waals surface area contributed by atoms with Crippen LogP contribution in [0, 0.1) is 15.9 Å². The second kappa shape index (κ2) is 9.13. The predicted octanol–water partition coefficient (Wildman–Crippen LogP) is 3.30. The molecule has 0 aliphatic rings. The third-order valence-electron chi connectivity index (χ3n) is 3.69. The Bertz CT molecular complexity index is 1120. The normalized spacial score (nSPS) is 10.5. The highest BCUT2D eigenvalue weighted by molar-refractivity contribution is 7.99. The number of hydrogen-bond acceptors (Lipinski definition) is 9. The summed E-state index contributed by atoms with van der Waals surface area (Å²) in [4.78, 5) is 33.9. The van der Waals surface area contributed by atoms with E-state index in [1.54, 1.807) is 6.07 Å². The van der Waals surface area contributed by atoms with Crippen LogP contribution in [-0.2, 0) is 9.53 Å². The number of amides is 1. The lowest BCUT2D eigenvalue weighted by atomic mass is 10.2. The van der Waals surface area contributed by atoms with Gasteiger partial charge in [0.05, 0.1) is 23.3 Å². The first kappa shape index (κ1) is 20.9. The highest BCUT2D eigenvalue weighted by atomic mass is 32.2. The first-order valence-electron chi connectivity index (χ1n) is 8.26. The molecule has 0 atom stereocenters. The van der Waals surface area contributed by atoms with Crippen molar-refractivity contribution in [2.24, 2.45) is 0 Å². The van der Waals surface area contributed by atoms with Crippen molar-refractivity contribution in [3.05, 3.63) is 64.0 Å². The summed E-state index contributed by atoms with van der Waals surface area (Å²) >= 11 is 0.940. The van der Waals surface area contributed by atoms with Crippen LogP contribution in [0.15, 0.2) is 52.1 Å². The number of aromatic nitrogens is 2. The van der Waals surface area contributed by atoms with Crippen molar-refractivity contribution in [3.63, 3.8) is 0 Å². The van der Waals surface area contributed by atoms with Gasteiger partial charge in [0.2, 0.25) is 11.8 Å². The SMILES string of the molecule is COC(=O)c1cc(NC(=O)CSc2nnc(-c3cccc([N+](=O)[O-])c3)o2)ccc1F. The lowest BCUT2D eigenvalue weighted by Crippen LogP contribution is -2.15. The van der Waals surface area contributed by atoms with E-state index in [2.05, 4.69) is 20.3 Å². The number of methoxy groups -OCH3 is 1. The van der Waals surface area contributed by atoms with Gasteiger partial charge in [-0.1, -0.05) is 17.8 Å². The zero-order valence-electron chi connectivity index (χ0n) is 15.3. The predicted molar refractivity (Wildman–Crippen MR) is 103 cm³/mol. The summed E-state index contributed by atoms with van der Waals surface area (Å²) in [7, 11) is 1.12. The second-order valence-corrected chi connectivity index (χ2v) is 6.63. The molecular weight excluding hydrogens is 419 g/mol. The Morgan fingerprint density at radius 2 is 2.07 bits per heavy atom. The number of halogens is 1. The summed E-state index contributed by atoms with van der Waals surface area (Å²) < 4.78 is 23.5. The minimum Gasteiger partial charge on any atom is -0.465 e. The Balaban J connectivity index is 1.62. The third-order valence-corrected chi connectivity index (χ3v) is 4.51. The molecule has 0 fully saturated rings. The summed E-state index contributed by atoms with van der Waals surface area (Å²) in [5.41, 5.74) is 0.159. The number of nitro groups is 1. The molecule has 0 aliphatic heterocycles. The van der Waals surface area contributed by atoms with E-state index in [1.807, 2.05) is 0 Å². The van der Waals surface area contributed by atoms with Crippen LogP contribution < -0.4 is 5.32 Å². The number of carbonyl (C=O) groups is 2. The number of anilines is 1. The topological polar surface area (TPSA) is 137 Å². The molecule has 0 unspecified atom stereocenters. The van der Waals surface area contributed by atoms with E-state index in [0.717, 1.165) is 31.0 Å². The number of carbonyl (C=O) groups excluding carboxylic acids is 2. The average Bonchev–Trinajstić information content (AvgIpc) is 3.22. The highest BCUT2D eigenvalue weighted by Crippen LogP contribution is 2.26. The van der Waals surface area contributed by atoms with Gasteiger partial charge in [0.25, 0.3) is 10.9 Å². The number of ether oxygens (including phenoxy) is 1. The minimum absolute atomic E-state index is 0.0721. The molecule has 3 rings (SSSR count). The first-order chi connectivity index (χ1) is 14.4. The molecule has 0 spiro atoms. The molecule has 10 nitrogen and oxygen atoms in total. The van der Waals surface area contributed by atoms with Crippen LogP contribution in [0.3, 0.4) is 0 Å². The maximum atomic E-state index is 13.6. The Hall–Kier alpha value is -3.80. The van der Waals surface area contributed by atoms with Gasteiger partial charge in [-0.25, -0.2) is 9.18 Å². The van der Waals surface area contributed by atoms with Crippen LogP contribution in [0.4, 0.5) is 15.8 Å². The van der Waals surface area contributed by atoms with Gasteiger partial charge in [0, 0.05) is 23.4 Å². The van der Waals surface area contributed by atoms with Crippen LogP contribution in [-0.4, -0.2) is 39.9 Å². The van der Waals surface area contributed by atoms with E-state index in [0.29, 0.717) is 5.56 Å². The molecule has 154 valence electrons. The van der Waals surface area contributed by atoms with Crippen molar-refractivity contribution in [2.75, 3.05) is 18.2 Å². The van der Waals surface area contributed by atoms with E-state index >= 15 is 0 Å². The lowest BCUT2D eigenvalue weighted by molar-refractivity contribution is -0.384. The van der Waals surface area contributed by atoms with Gasteiger partial charge in [-0.2, -0.15) is 0 Å². The van der Waals surface area contributed by atoms with Crippen LogP contribution >= 0.6 is 11.8 Å². The minimum atomic E-state index is -0.863. The van der Waals surface area contributed by atoms with Crippen molar-refractivity contribution in [2.45, 2.75) is 5.22 Å². The van der Waals surface area contributed by atoms with Crippen molar-refractivity contribution >= 4 is 35.0 Å². The number of non-ortho nitro benzene ring substituents is 1. The van der Waals surface area contributed by atoms with Gasteiger partial charge in [-0.3, -0.25) is 14.9 Å². The molecule has 3 aromatic rings. The Labute approximate surface area is 172 Å². The largest absolute Gasteiger partial charge is 0.465 e. The molecule has 0 saturated heterocycles. The quantitative estimate of drug-likeness (QED) is 0.258. The van der Waals surface area contributed by atoms with Crippen LogP contribution in [0.2, 0.25) is 0 Å². The van der Waals surface area contributed by atoms with Crippen LogP contribution in [0.5, 0.6) is 0 Å². The number of nitrogens with zero attached hydrogens (tertiary/aromatic N) is 3. The molecule has 0 aliphatic carbocycles. The van der Waals surface area contributed by atoms with Crippen molar-refractivity contribution < 1.29 is 28.1 Å². The summed E-state index contributed by atoms with van der Waals surface area (Å²) in [6, 6.07) is 9.20. The average molecular weight is 432 g/mol. The zero-order valence-corrected chi connectivity index (χ0v) is 16.1. The van der Waals surface area contributed by atoms with E-state index in [9.17, 15) is 24.1 Å². The second-order valence-electron chi connectivity index (χ2n) is 5.70. The summed E-state index contributed by atoms with van der Waals surface area (Å²) in [5, 5.41) is 21.1. The first-order valence-corrected chi connectivity index (χ1v) is 9.25. The molecule has 1 aromatic heterocycles. The summed E-state index contributed by atoms with van der Waals surface area (Å²) in [6.45, 7) is 0. The lowest BCUT2D eigenvalue weighted by Gasteiger charge is -2.07. The molecule has 2 aromatic carbocycles. The van der Waals surface area contributed by atoms with Gasteiger partial charge < -0.3 is 14.5 Å². The fourth-order valence-electron chi connectivity index (χ4n) is 2.33. The monoisotopic (exact) mass is 432 g/mol. The molecule has 1 amide bonds. The summed E-state index contributed by atoms with van der Waals surface area (Å²) in [6.07, 6.45) is 0. The van der Waals surface area contributed by atoms with Crippen molar-refractivity contribution in [1.29, 1.82) is 0 Å². The van der Waals surface area contributed by atoms with Crippen molar-refractivity contribution in [3.8, 4) is 11.5 Å². The fraction of sp³-hybridized carbons (Fsp3) is 0.111. The van der Waals surface area contributed by atoms with Gasteiger partial charge in [-0.15, -0.1) is 10.2 Å². The van der Waals surface area contributed by atoms with Gasteiger partial charge >= 0.3 is 5.97 Å². The smallest absolute Gasteiger partial charge is 0.340 e. The van der Waals surface area contributed by atoms with E-state index in [1.165, 1.54) is 24.3 Å². The number of benzene rings is 2. The molecule has 0 bridgehead atoms. The van der Waals surface area contributed by atoms with E-state index < -0.39 is 22.6 Å². The molecule has 0 saturated carbocycles. The Morgan fingerprint density at radius 1 is 1.27 bits per heavy atom. The molecule has 30 heavy (non-hydrogen) atoms. The maximum Gasteiger partial charge on any atom is 0.340 e. The number of rotatable bonds is 7. The van der Waals surface area contributed by atoms with Crippen molar-refractivity contribution in [1.82, 2.24) is 10.2 Å². The van der Waals surface area contributed by atoms with E-state index in [4.69, 9.17) is 4.42 Å². The number of hydrogen-bond donors (Lipinski definition) is 1. The molecule has 12 heteroatoms. The highest BCUT2D eigenvalue weighted by Gasteiger charge is 2.16. The molecular formula is C18H13FN4O6S. The molecule has 1 heterocycles. The Kier molecular flexibility index (Phi) is 6.37. The Morgan fingerprint density at radius 3 is 2.80 bits per heavy atom. The zero-order chi connectivity index (χ0) is 21.7. The van der Waals surface area contributed by atoms with E-state index in [-0.39, 0.29) is 33.8 Å². The number of esters is 1. The number of nitro benzene ring substituents is 1. The maximum absolute atomic E-state index is 13.6. The number of nitrogens with one attached hydrogen (secondary N) is 1. The number of thioether (sulfide) groups is 1. The fourth-order valence-corrected chi connectivity index (χ4v) is 2.89. The standard InChI is InChI=1S/C18H13FN4O6S/c1-28-17(25)13-8-11(5-6-14(13)19)20-15(24)9-30-18-22-21-16(29-18)10-3-2-4-12(7-10)23(26)27/h2-8H,9H2,1H3,(H,20,24).